The van der Waals surface area contributed by atoms with Crippen LogP contribution < -0.4 is 10.6 Å². The summed E-state index contributed by atoms with van der Waals surface area (Å²) in [6.07, 6.45) is 4.85. The highest BCUT2D eigenvalue weighted by molar-refractivity contribution is 5.89. The van der Waals surface area contributed by atoms with Crippen LogP contribution in [0.2, 0.25) is 0 Å². The van der Waals surface area contributed by atoms with E-state index in [1.54, 1.807) is 10.9 Å². The van der Waals surface area contributed by atoms with Crippen molar-refractivity contribution in [3.05, 3.63) is 42.2 Å². The van der Waals surface area contributed by atoms with Gasteiger partial charge in [0.25, 0.3) is 0 Å². The highest BCUT2D eigenvalue weighted by atomic mass is 19.1. The predicted molar refractivity (Wildman–Crippen MR) is 72.6 cm³/mol. The molecule has 0 unspecified atom stereocenters. The minimum Gasteiger partial charge on any atom is -0.330 e. The number of amides is 2. The summed E-state index contributed by atoms with van der Waals surface area (Å²) >= 11 is 0. The second-order valence-corrected chi connectivity index (χ2v) is 4.33. The van der Waals surface area contributed by atoms with Crippen LogP contribution in [-0.2, 0) is 7.05 Å². The Morgan fingerprint density at radius 3 is 2.90 bits per heavy atom. The summed E-state index contributed by atoms with van der Waals surface area (Å²) in [5.41, 5.74) is 1.21. The number of hydrogen-bond acceptors (Lipinski definition) is 3. The van der Waals surface area contributed by atoms with Gasteiger partial charge in [-0.3, -0.25) is 9.67 Å². The van der Waals surface area contributed by atoms with E-state index in [4.69, 9.17) is 0 Å². The third-order valence-electron chi connectivity index (χ3n) is 2.89. The van der Waals surface area contributed by atoms with Crippen LogP contribution >= 0.6 is 0 Å². The Hall–Kier alpha value is -2.44. The predicted octanol–water partition coefficient (Wildman–Crippen LogP) is 2.23. The standard InChI is InChI=1S/C13H16FN5O/c1-3-11(12-4-5-16-19(12)2)18-13(20)17-10-6-9(14)7-15-8-10/h4-8,11H,3H2,1-2H3,(H2,17,18,20)/t11-/m0/s1. The molecule has 6 nitrogen and oxygen atoms in total. The molecule has 0 fully saturated rings. The molecule has 0 saturated heterocycles. The molecule has 0 aliphatic carbocycles. The first-order chi connectivity index (χ1) is 9.60. The van der Waals surface area contributed by atoms with Crippen molar-refractivity contribution in [1.82, 2.24) is 20.1 Å². The Morgan fingerprint density at radius 2 is 2.30 bits per heavy atom. The number of hydrogen-bond donors (Lipinski definition) is 2. The minimum absolute atomic E-state index is 0.163. The van der Waals surface area contributed by atoms with Crippen LogP contribution in [0.25, 0.3) is 0 Å². The number of halogens is 1. The van der Waals surface area contributed by atoms with Crippen LogP contribution in [0.1, 0.15) is 25.1 Å². The van der Waals surface area contributed by atoms with E-state index < -0.39 is 11.8 Å². The van der Waals surface area contributed by atoms with Crippen molar-refractivity contribution in [2.24, 2.45) is 7.05 Å². The Bertz CT molecular complexity index is 598. The van der Waals surface area contributed by atoms with E-state index in [9.17, 15) is 9.18 Å². The van der Waals surface area contributed by atoms with Crippen LogP contribution in [-0.4, -0.2) is 20.8 Å². The fourth-order valence-electron chi connectivity index (χ4n) is 1.92. The fraction of sp³-hybridized carbons (Fsp3) is 0.308. The van der Waals surface area contributed by atoms with Crippen LogP contribution in [0, 0.1) is 5.82 Å². The van der Waals surface area contributed by atoms with Gasteiger partial charge in [0.2, 0.25) is 0 Å². The lowest BCUT2D eigenvalue weighted by molar-refractivity contribution is 0.247. The number of urea groups is 1. The molecule has 106 valence electrons. The maximum atomic E-state index is 13.0. The Balaban J connectivity index is 2.01. The van der Waals surface area contributed by atoms with E-state index in [2.05, 4.69) is 20.7 Å². The van der Waals surface area contributed by atoms with Crippen LogP contribution in [0.4, 0.5) is 14.9 Å². The van der Waals surface area contributed by atoms with Gasteiger partial charge in [0.15, 0.2) is 0 Å². The van der Waals surface area contributed by atoms with Gasteiger partial charge < -0.3 is 10.6 Å². The molecule has 0 spiro atoms. The van der Waals surface area contributed by atoms with E-state index in [0.717, 1.165) is 11.9 Å². The van der Waals surface area contributed by atoms with E-state index in [1.807, 2.05) is 20.0 Å². The normalized spacial score (nSPS) is 11.9. The number of nitrogens with one attached hydrogen (secondary N) is 2. The van der Waals surface area contributed by atoms with Gasteiger partial charge in [0.05, 0.1) is 29.8 Å². The van der Waals surface area contributed by atoms with Gasteiger partial charge in [0.1, 0.15) is 5.82 Å². The first-order valence-corrected chi connectivity index (χ1v) is 6.26. The van der Waals surface area contributed by atoms with E-state index in [1.165, 1.54) is 12.3 Å². The molecule has 0 aliphatic heterocycles. The molecule has 0 radical (unpaired) electrons. The Morgan fingerprint density at radius 1 is 1.50 bits per heavy atom. The molecule has 2 rings (SSSR count). The third kappa shape index (κ3) is 3.31. The summed E-state index contributed by atoms with van der Waals surface area (Å²) in [5.74, 6) is -0.499. The summed E-state index contributed by atoms with van der Waals surface area (Å²) in [4.78, 5) is 15.6. The van der Waals surface area contributed by atoms with Crippen molar-refractivity contribution in [1.29, 1.82) is 0 Å². The lowest BCUT2D eigenvalue weighted by atomic mass is 10.1. The molecule has 2 N–H and O–H groups in total. The number of nitrogens with zero attached hydrogens (tertiary/aromatic N) is 3. The molecular formula is C13H16FN5O. The zero-order valence-corrected chi connectivity index (χ0v) is 11.3. The number of anilines is 1. The van der Waals surface area contributed by atoms with Crippen molar-refractivity contribution >= 4 is 11.7 Å². The van der Waals surface area contributed by atoms with Gasteiger partial charge in [-0.1, -0.05) is 6.92 Å². The SMILES string of the molecule is CC[C@H](NC(=O)Nc1cncc(F)c1)c1ccnn1C. The highest BCUT2D eigenvalue weighted by Gasteiger charge is 2.15. The van der Waals surface area contributed by atoms with E-state index >= 15 is 0 Å². The van der Waals surface area contributed by atoms with Gasteiger partial charge in [-0.25, -0.2) is 9.18 Å². The molecule has 20 heavy (non-hydrogen) atoms. The number of pyridine rings is 1. The topological polar surface area (TPSA) is 71.8 Å². The van der Waals surface area contributed by atoms with Crippen molar-refractivity contribution in [2.45, 2.75) is 19.4 Å². The molecule has 2 aromatic rings. The largest absolute Gasteiger partial charge is 0.330 e. The molecule has 2 heterocycles. The summed E-state index contributed by atoms with van der Waals surface area (Å²) < 4.78 is 14.7. The van der Waals surface area contributed by atoms with Crippen molar-refractivity contribution in [3.63, 3.8) is 0 Å². The molecule has 0 saturated carbocycles. The third-order valence-corrected chi connectivity index (χ3v) is 2.89. The van der Waals surface area contributed by atoms with Gasteiger partial charge in [0, 0.05) is 19.3 Å². The molecule has 0 aromatic carbocycles. The summed E-state index contributed by atoms with van der Waals surface area (Å²) in [6, 6.07) is 2.48. The Kier molecular flexibility index (Phi) is 4.29. The summed E-state index contributed by atoms with van der Waals surface area (Å²) in [6.45, 7) is 1.96. The number of rotatable bonds is 4. The maximum absolute atomic E-state index is 13.0. The van der Waals surface area contributed by atoms with Crippen LogP contribution in [0.5, 0.6) is 0 Å². The fourth-order valence-corrected chi connectivity index (χ4v) is 1.92. The lowest BCUT2D eigenvalue weighted by Gasteiger charge is -2.17. The molecule has 2 amide bonds. The molecule has 1 atom stereocenters. The first-order valence-electron chi connectivity index (χ1n) is 6.26. The van der Waals surface area contributed by atoms with Crippen molar-refractivity contribution < 1.29 is 9.18 Å². The van der Waals surface area contributed by atoms with Gasteiger partial charge in [-0.2, -0.15) is 5.10 Å². The number of aryl methyl sites for hydroxylation is 1. The highest BCUT2D eigenvalue weighted by Crippen LogP contribution is 2.15. The van der Waals surface area contributed by atoms with E-state index in [-0.39, 0.29) is 6.04 Å². The monoisotopic (exact) mass is 277 g/mol. The maximum Gasteiger partial charge on any atom is 0.319 e. The molecular weight excluding hydrogens is 261 g/mol. The van der Waals surface area contributed by atoms with Gasteiger partial charge in [-0.15, -0.1) is 0 Å². The molecule has 7 heteroatoms. The first kappa shape index (κ1) is 14.0. The van der Waals surface area contributed by atoms with Gasteiger partial charge >= 0.3 is 6.03 Å². The molecule has 2 aromatic heterocycles. The van der Waals surface area contributed by atoms with Crippen LogP contribution in [0.3, 0.4) is 0 Å². The lowest BCUT2D eigenvalue weighted by Crippen LogP contribution is -2.33. The molecule has 0 aliphatic rings. The van der Waals surface area contributed by atoms with Crippen LogP contribution in [0.15, 0.2) is 30.7 Å². The number of carbonyl (C=O) groups excluding carboxylic acids is 1. The summed E-state index contributed by atoms with van der Waals surface area (Å²) in [7, 11) is 1.81. The van der Waals surface area contributed by atoms with E-state index in [0.29, 0.717) is 12.1 Å². The molecule has 0 bridgehead atoms. The quantitative estimate of drug-likeness (QED) is 0.900. The average molecular weight is 277 g/mol. The summed E-state index contributed by atoms with van der Waals surface area (Å²) in [5, 5.41) is 9.44. The Labute approximate surface area is 116 Å². The zero-order valence-electron chi connectivity index (χ0n) is 11.3. The zero-order chi connectivity index (χ0) is 14.5. The minimum atomic E-state index is -0.499. The van der Waals surface area contributed by atoms with Gasteiger partial charge in [-0.05, 0) is 12.5 Å². The average Bonchev–Trinajstić information content (AvgIpc) is 2.82. The van der Waals surface area contributed by atoms with Crippen molar-refractivity contribution in [2.75, 3.05) is 5.32 Å². The number of carbonyl (C=O) groups is 1. The second kappa shape index (κ2) is 6.14. The second-order valence-electron chi connectivity index (χ2n) is 4.33. The number of aromatic nitrogens is 3. The van der Waals surface area contributed by atoms with Crippen molar-refractivity contribution in [3.8, 4) is 0 Å². The smallest absolute Gasteiger partial charge is 0.319 e.